The van der Waals surface area contributed by atoms with E-state index >= 15 is 0 Å². The summed E-state index contributed by atoms with van der Waals surface area (Å²) in [5.74, 6) is 0.353. The van der Waals surface area contributed by atoms with Gasteiger partial charge in [-0.2, -0.15) is 0 Å². The molecular weight excluding hydrogens is 351 g/mol. The number of halogens is 2. The molecule has 1 rings (SSSR count). The first kappa shape index (κ1) is 14.5. The molecule has 0 fully saturated rings. The topological polar surface area (TPSA) is 116 Å². The van der Waals surface area contributed by atoms with Crippen molar-refractivity contribution >= 4 is 70.0 Å². The Morgan fingerprint density at radius 2 is 1.93 bits per heavy atom. The van der Waals surface area contributed by atoms with Crippen LogP contribution in [-0.4, -0.2) is 21.4 Å². The molecule has 0 aliphatic heterocycles. The van der Waals surface area contributed by atoms with Gasteiger partial charge in [0.15, 0.2) is 27.8 Å². The molecule has 0 bridgehead atoms. The predicted molar refractivity (Wildman–Crippen MR) is 76.1 cm³/mol. The van der Waals surface area contributed by atoms with Gasteiger partial charge in [-0.3, -0.25) is 0 Å². The Kier molecular flexibility index (Phi) is 5.98. The van der Waals surface area contributed by atoms with E-state index in [-0.39, 0.29) is 46.6 Å². The summed E-state index contributed by atoms with van der Waals surface area (Å²) >= 11 is 6.91. The van der Waals surface area contributed by atoms with Gasteiger partial charge in [0, 0.05) is 0 Å². The average molecular weight is 361 g/mol. The lowest BCUT2D eigenvalue weighted by Crippen LogP contribution is -2.06. The Balaban J connectivity index is 0.00000196. The largest absolute Gasteiger partial charge is 0.381 e. The summed E-state index contributed by atoms with van der Waals surface area (Å²) in [6.45, 7) is 0. The third-order valence-electron chi connectivity index (χ3n) is 1.31. The van der Waals surface area contributed by atoms with E-state index in [4.69, 9.17) is 28.8 Å². The lowest BCUT2D eigenvalue weighted by atomic mass is 10.6. The Hall–Kier alpha value is -0.480. The fourth-order valence-corrected chi connectivity index (χ4v) is 0.966. The van der Waals surface area contributed by atoms with Crippen LogP contribution in [-0.2, 0) is 0 Å². The maximum absolute atomic E-state index is 5.64. The summed E-state index contributed by atoms with van der Waals surface area (Å²) in [6.07, 6.45) is 1.78. The SMILES string of the molecule is CSC(N)=Nc1nc(Cl)c(N)nc1N.I. The summed E-state index contributed by atoms with van der Waals surface area (Å²) in [6, 6.07) is 0. The van der Waals surface area contributed by atoms with Crippen molar-refractivity contribution in [1.29, 1.82) is 0 Å². The van der Waals surface area contributed by atoms with Crippen molar-refractivity contribution in [2.75, 3.05) is 17.7 Å². The van der Waals surface area contributed by atoms with E-state index in [1.54, 1.807) is 6.26 Å². The molecule has 1 aromatic heterocycles. The minimum Gasteiger partial charge on any atom is -0.381 e. The zero-order valence-corrected chi connectivity index (χ0v) is 11.7. The quantitative estimate of drug-likeness (QED) is 0.394. The lowest BCUT2D eigenvalue weighted by molar-refractivity contribution is 1.19. The molecule has 6 N–H and O–H groups in total. The molecule has 0 aliphatic rings. The van der Waals surface area contributed by atoms with Crippen LogP contribution in [0.3, 0.4) is 0 Å². The molecule has 0 spiro atoms. The third-order valence-corrected chi connectivity index (χ3v) is 2.10. The smallest absolute Gasteiger partial charge is 0.199 e. The number of aliphatic imine (C=N–C) groups is 1. The molecule has 6 nitrogen and oxygen atoms in total. The third kappa shape index (κ3) is 3.87. The molecule has 15 heavy (non-hydrogen) atoms. The molecule has 1 aromatic rings. The van der Waals surface area contributed by atoms with Crippen LogP contribution in [0.1, 0.15) is 0 Å². The number of anilines is 2. The number of nitrogens with zero attached hydrogens (tertiary/aromatic N) is 3. The highest BCUT2D eigenvalue weighted by Gasteiger charge is 2.07. The second-order valence-electron chi connectivity index (χ2n) is 2.26. The number of hydrogen-bond donors (Lipinski definition) is 3. The van der Waals surface area contributed by atoms with Crippen LogP contribution in [0.4, 0.5) is 17.5 Å². The minimum absolute atomic E-state index is 0. The van der Waals surface area contributed by atoms with Gasteiger partial charge in [-0.15, -0.1) is 24.0 Å². The van der Waals surface area contributed by atoms with E-state index in [9.17, 15) is 0 Å². The molecule has 0 atom stereocenters. The summed E-state index contributed by atoms with van der Waals surface area (Å²) in [5.41, 5.74) is 16.4. The van der Waals surface area contributed by atoms with Gasteiger partial charge < -0.3 is 17.2 Å². The first-order chi connectivity index (χ1) is 6.54. The van der Waals surface area contributed by atoms with Gasteiger partial charge in [0.25, 0.3) is 0 Å². The molecule has 0 saturated heterocycles. The van der Waals surface area contributed by atoms with Crippen molar-refractivity contribution in [3.8, 4) is 0 Å². The fraction of sp³-hybridized carbons (Fsp3) is 0.167. The second kappa shape index (κ2) is 6.18. The lowest BCUT2D eigenvalue weighted by Gasteiger charge is -2.02. The summed E-state index contributed by atoms with van der Waals surface area (Å²) < 4.78 is 0. The zero-order chi connectivity index (χ0) is 10.7. The van der Waals surface area contributed by atoms with Gasteiger partial charge in [0.1, 0.15) is 0 Å². The molecule has 1 heterocycles. The highest BCUT2D eigenvalue weighted by atomic mass is 127. The Labute approximate surface area is 113 Å². The zero-order valence-electron chi connectivity index (χ0n) is 7.77. The number of rotatable bonds is 1. The Morgan fingerprint density at radius 1 is 1.33 bits per heavy atom. The predicted octanol–water partition coefficient (Wildman–Crippen LogP) is 1.22. The van der Waals surface area contributed by atoms with Crippen molar-refractivity contribution < 1.29 is 0 Å². The van der Waals surface area contributed by atoms with E-state index in [1.807, 2.05) is 0 Å². The summed E-state index contributed by atoms with van der Waals surface area (Å²) in [5, 5.41) is 0.388. The summed E-state index contributed by atoms with van der Waals surface area (Å²) in [7, 11) is 0. The maximum Gasteiger partial charge on any atom is 0.199 e. The van der Waals surface area contributed by atoms with Crippen LogP contribution in [0.25, 0.3) is 0 Å². The van der Waals surface area contributed by atoms with Crippen molar-refractivity contribution in [2.24, 2.45) is 10.7 Å². The second-order valence-corrected chi connectivity index (χ2v) is 3.45. The van der Waals surface area contributed by atoms with Gasteiger partial charge in [0.2, 0.25) is 0 Å². The van der Waals surface area contributed by atoms with Crippen molar-refractivity contribution in [3.63, 3.8) is 0 Å². The molecule has 0 unspecified atom stereocenters. The van der Waals surface area contributed by atoms with E-state index in [1.165, 1.54) is 11.8 Å². The van der Waals surface area contributed by atoms with Gasteiger partial charge >= 0.3 is 0 Å². The number of aromatic nitrogens is 2. The van der Waals surface area contributed by atoms with Crippen LogP contribution in [0.2, 0.25) is 5.15 Å². The van der Waals surface area contributed by atoms with Crippen LogP contribution < -0.4 is 17.2 Å². The van der Waals surface area contributed by atoms with Gasteiger partial charge in [-0.05, 0) is 6.26 Å². The minimum atomic E-state index is 0. The first-order valence-electron chi connectivity index (χ1n) is 3.51. The fourth-order valence-electron chi connectivity index (χ4n) is 0.666. The molecule has 0 saturated carbocycles. The van der Waals surface area contributed by atoms with E-state index in [2.05, 4.69) is 15.0 Å². The molecule has 84 valence electrons. The van der Waals surface area contributed by atoms with Crippen LogP contribution in [0.5, 0.6) is 0 Å². The molecule has 9 heteroatoms. The standard InChI is InChI=1S/C6H9ClN6S.HI/c1-14-6(10)13-5-4(9)12-3(8)2(7)11-5;/h1H3,(H4,8,9,12)(H2,10,11,13);1H. The molecule has 0 aromatic carbocycles. The Bertz CT molecular complexity index is 384. The monoisotopic (exact) mass is 360 g/mol. The number of amidine groups is 1. The maximum atomic E-state index is 5.64. The van der Waals surface area contributed by atoms with Gasteiger partial charge in [-0.25, -0.2) is 15.0 Å². The highest BCUT2D eigenvalue weighted by molar-refractivity contribution is 14.0. The molecule has 0 amide bonds. The molecular formula is C6H10ClIN6S. The van der Waals surface area contributed by atoms with Crippen molar-refractivity contribution in [2.45, 2.75) is 0 Å². The van der Waals surface area contributed by atoms with Gasteiger partial charge in [-0.1, -0.05) is 23.4 Å². The number of nitrogen functional groups attached to an aromatic ring is 2. The average Bonchev–Trinajstić information content (AvgIpc) is 2.14. The van der Waals surface area contributed by atoms with E-state index in [0.717, 1.165) is 0 Å². The van der Waals surface area contributed by atoms with E-state index < -0.39 is 0 Å². The van der Waals surface area contributed by atoms with Crippen LogP contribution in [0, 0.1) is 0 Å². The Morgan fingerprint density at radius 3 is 2.47 bits per heavy atom. The molecule has 0 aliphatic carbocycles. The number of nitrogens with two attached hydrogens (primary N) is 3. The highest BCUT2D eigenvalue weighted by Crippen LogP contribution is 2.23. The number of hydrogen-bond acceptors (Lipinski definition) is 6. The number of thioether (sulfide) groups is 1. The van der Waals surface area contributed by atoms with Crippen LogP contribution in [0.15, 0.2) is 4.99 Å². The van der Waals surface area contributed by atoms with Crippen molar-refractivity contribution in [3.05, 3.63) is 5.15 Å². The normalized spacial score (nSPS) is 10.9. The molecule has 0 radical (unpaired) electrons. The van der Waals surface area contributed by atoms with Crippen molar-refractivity contribution in [1.82, 2.24) is 9.97 Å². The van der Waals surface area contributed by atoms with E-state index in [0.29, 0.717) is 5.17 Å². The first-order valence-corrected chi connectivity index (χ1v) is 5.11. The van der Waals surface area contributed by atoms with Gasteiger partial charge in [0.05, 0.1) is 0 Å². The van der Waals surface area contributed by atoms with Crippen LogP contribution >= 0.6 is 47.3 Å². The summed E-state index contributed by atoms with van der Waals surface area (Å²) in [4.78, 5) is 11.5.